The van der Waals surface area contributed by atoms with Crippen LogP contribution in [0, 0.1) is 5.92 Å². The minimum absolute atomic E-state index is 0.00965. The first kappa shape index (κ1) is 17.6. The first-order valence-corrected chi connectivity index (χ1v) is 8.04. The normalized spacial score (nSPS) is 24.6. The van der Waals surface area contributed by atoms with Gasteiger partial charge in [-0.2, -0.15) is 8.78 Å². The molecule has 0 radical (unpaired) electrons. The van der Waals surface area contributed by atoms with Crippen LogP contribution in [0.1, 0.15) is 26.2 Å². The van der Waals surface area contributed by atoms with Crippen molar-refractivity contribution >= 4 is 5.91 Å². The van der Waals surface area contributed by atoms with Crippen LogP contribution in [0.25, 0.3) is 0 Å². The third-order valence-corrected chi connectivity index (χ3v) is 4.83. The molecule has 0 aromatic rings. The molecular formula is C15H27F2N3O2. The van der Waals surface area contributed by atoms with Crippen molar-refractivity contribution in [3.05, 3.63) is 0 Å². The molecule has 0 aromatic carbocycles. The largest absolute Gasteiger partial charge is 0.383 e. The summed E-state index contributed by atoms with van der Waals surface area (Å²) in [5.41, 5.74) is -2.14. The minimum Gasteiger partial charge on any atom is -0.383 e. The summed E-state index contributed by atoms with van der Waals surface area (Å²) in [4.78, 5) is 16.2. The summed E-state index contributed by atoms with van der Waals surface area (Å²) in [6, 6.07) is 0. The second-order valence-corrected chi connectivity index (χ2v) is 6.88. The first-order valence-electron chi connectivity index (χ1n) is 8.04. The molecule has 22 heavy (non-hydrogen) atoms. The number of amides is 1. The van der Waals surface area contributed by atoms with Crippen molar-refractivity contribution in [2.75, 3.05) is 46.3 Å². The van der Waals surface area contributed by atoms with Crippen LogP contribution in [0.5, 0.6) is 0 Å². The van der Waals surface area contributed by atoms with Crippen LogP contribution < -0.4 is 5.32 Å². The molecule has 1 heterocycles. The van der Waals surface area contributed by atoms with Crippen molar-refractivity contribution in [1.82, 2.24) is 15.1 Å². The maximum Gasteiger partial charge on any atom is 0.352 e. The molecular weight excluding hydrogens is 292 g/mol. The Hall–Kier alpha value is -0.790. The third-order valence-electron chi connectivity index (χ3n) is 4.83. The Morgan fingerprint density at radius 2 is 1.91 bits per heavy atom. The molecule has 0 bridgehead atoms. The molecule has 5 nitrogen and oxygen atoms in total. The number of piperazine rings is 1. The summed E-state index contributed by atoms with van der Waals surface area (Å²) in [5.74, 6) is -4.95. The maximum atomic E-state index is 13.9. The summed E-state index contributed by atoms with van der Waals surface area (Å²) in [6.07, 6.45) is 0.522. The van der Waals surface area contributed by atoms with E-state index in [1.807, 2.05) is 6.92 Å². The van der Waals surface area contributed by atoms with Gasteiger partial charge in [0.25, 0.3) is 5.91 Å². The summed E-state index contributed by atoms with van der Waals surface area (Å²) < 4.78 is 27.8. The van der Waals surface area contributed by atoms with Crippen molar-refractivity contribution in [2.24, 2.45) is 5.92 Å². The van der Waals surface area contributed by atoms with Gasteiger partial charge in [-0.15, -0.1) is 0 Å². The Labute approximate surface area is 130 Å². The number of halogens is 2. The highest BCUT2D eigenvalue weighted by Crippen LogP contribution is 2.44. The monoisotopic (exact) mass is 319 g/mol. The third kappa shape index (κ3) is 3.75. The van der Waals surface area contributed by atoms with E-state index in [1.165, 1.54) is 0 Å². The zero-order valence-electron chi connectivity index (χ0n) is 13.4. The number of alkyl halides is 2. The number of aliphatic hydroxyl groups is 1. The van der Waals surface area contributed by atoms with Gasteiger partial charge in [0.05, 0.1) is 0 Å². The van der Waals surface area contributed by atoms with Crippen LogP contribution >= 0.6 is 0 Å². The highest BCUT2D eigenvalue weighted by molar-refractivity contribution is 5.85. The molecule has 0 spiro atoms. The van der Waals surface area contributed by atoms with Crippen LogP contribution in [-0.2, 0) is 4.79 Å². The van der Waals surface area contributed by atoms with Crippen molar-refractivity contribution in [2.45, 2.75) is 37.7 Å². The second kappa shape index (κ2) is 6.76. The highest BCUT2D eigenvalue weighted by Gasteiger charge is 2.61. The lowest BCUT2D eigenvalue weighted by atomic mass is 9.75. The SMILES string of the molecule is CC(CNC(=O)C(F)(F)C1(O)CCC1)CN1CCN(C)CC1. The van der Waals surface area contributed by atoms with E-state index in [-0.39, 0.29) is 25.3 Å². The molecule has 2 rings (SSSR count). The molecule has 1 unspecified atom stereocenters. The van der Waals surface area contributed by atoms with Gasteiger partial charge in [0.2, 0.25) is 0 Å². The fourth-order valence-corrected chi connectivity index (χ4v) is 2.95. The van der Waals surface area contributed by atoms with Gasteiger partial charge >= 0.3 is 5.92 Å². The van der Waals surface area contributed by atoms with Crippen LogP contribution in [-0.4, -0.2) is 78.7 Å². The van der Waals surface area contributed by atoms with E-state index >= 15 is 0 Å². The number of hydrogen-bond acceptors (Lipinski definition) is 4. The molecule has 1 atom stereocenters. The fourth-order valence-electron chi connectivity index (χ4n) is 2.95. The van der Waals surface area contributed by atoms with Gasteiger partial charge in [-0.05, 0) is 32.2 Å². The van der Waals surface area contributed by atoms with Crippen LogP contribution in [0.4, 0.5) is 8.78 Å². The topological polar surface area (TPSA) is 55.8 Å². The molecule has 1 aliphatic heterocycles. The summed E-state index contributed by atoms with van der Waals surface area (Å²) in [5, 5.41) is 12.0. The Bertz CT molecular complexity index is 394. The lowest BCUT2D eigenvalue weighted by Gasteiger charge is -2.41. The van der Waals surface area contributed by atoms with Crippen molar-refractivity contribution in [3.63, 3.8) is 0 Å². The maximum absolute atomic E-state index is 13.9. The average Bonchev–Trinajstić information content (AvgIpc) is 2.44. The number of likely N-dealkylation sites (N-methyl/N-ethyl adjacent to an activating group) is 1. The van der Waals surface area contributed by atoms with Crippen molar-refractivity contribution in [1.29, 1.82) is 0 Å². The summed E-state index contributed by atoms with van der Waals surface area (Å²) >= 11 is 0. The molecule has 128 valence electrons. The lowest BCUT2D eigenvalue weighted by molar-refractivity contribution is -0.216. The van der Waals surface area contributed by atoms with Gasteiger partial charge in [0.15, 0.2) is 0 Å². The molecule has 2 fully saturated rings. The summed E-state index contributed by atoms with van der Waals surface area (Å²) in [7, 11) is 2.08. The predicted molar refractivity (Wildman–Crippen MR) is 79.9 cm³/mol. The number of carbonyl (C=O) groups excluding carboxylic acids is 1. The Morgan fingerprint density at radius 1 is 1.32 bits per heavy atom. The number of hydrogen-bond donors (Lipinski definition) is 2. The van der Waals surface area contributed by atoms with Crippen LogP contribution in [0.3, 0.4) is 0 Å². The predicted octanol–water partition coefficient (Wildman–Crippen LogP) is 0.536. The Kier molecular flexibility index (Phi) is 5.40. The van der Waals surface area contributed by atoms with Crippen molar-refractivity contribution < 1.29 is 18.7 Å². The zero-order valence-corrected chi connectivity index (χ0v) is 13.4. The standard InChI is InChI=1S/C15H27F2N3O2/c1-12(11-20-8-6-19(2)7-9-20)10-18-13(21)15(16,17)14(22)4-3-5-14/h12,22H,3-11H2,1-2H3,(H,18,21). The quantitative estimate of drug-likeness (QED) is 0.750. The number of nitrogens with zero attached hydrogens (tertiary/aromatic N) is 2. The summed E-state index contributed by atoms with van der Waals surface area (Å²) in [6.45, 7) is 6.86. The van der Waals surface area contributed by atoms with E-state index in [0.717, 1.165) is 32.7 Å². The number of carbonyl (C=O) groups is 1. The van der Waals surface area contributed by atoms with Gasteiger partial charge in [-0.25, -0.2) is 0 Å². The lowest BCUT2D eigenvalue weighted by Crippen LogP contribution is -2.61. The Morgan fingerprint density at radius 3 is 2.41 bits per heavy atom. The molecule has 1 aliphatic carbocycles. The molecule has 0 aromatic heterocycles. The molecule has 2 aliphatic rings. The van der Waals surface area contributed by atoms with Crippen LogP contribution in [0.2, 0.25) is 0 Å². The molecule has 1 amide bonds. The highest BCUT2D eigenvalue weighted by atomic mass is 19.3. The van der Waals surface area contributed by atoms with E-state index in [2.05, 4.69) is 22.2 Å². The minimum atomic E-state index is -3.70. The molecule has 7 heteroatoms. The molecule has 2 N–H and O–H groups in total. The van der Waals surface area contributed by atoms with E-state index in [0.29, 0.717) is 6.42 Å². The van der Waals surface area contributed by atoms with Gasteiger partial charge in [0.1, 0.15) is 5.60 Å². The second-order valence-electron chi connectivity index (χ2n) is 6.88. The number of rotatable bonds is 6. The fraction of sp³-hybridized carbons (Fsp3) is 0.933. The van der Waals surface area contributed by atoms with Gasteiger partial charge < -0.3 is 20.2 Å². The molecule has 1 saturated carbocycles. The smallest absolute Gasteiger partial charge is 0.352 e. The van der Waals surface area contributed by atoms with E-state index < -0.39 is 17.4 Å². The van der Waals surface area contributed by atoms with Gasteiger partial charge in [0, 0.05) is 39.3 Å². The Balaban J connectivity index is 1.73. The van der Waals surface area contributed by atoms with Crippen LogP contribution in [0.15, 0.2) is 0 Å². The molecule has 1 saturated heterocycles. The zero-order chi connectivity index (χ0) is 16.4. The first-order chi connectivity index (χ1) is 10.2. The van der Waals surface area contributed by atoms with Crippen molar-refractivity contribution in [3.8, 4) is 0 Å². The van der Waals surface area contributed by atoms with E-state index in [1.54, 1.807) is 0 Å². The van der Waals surface area contributed by atoms with Gasteiger partial charge in [-0.3, -0.25) is 4.79 Å². The number of nitrogens with one attached hydrogen (secondary N) is 1. The van der Waals surface area contributed by atoms with E-state index in [9.17, 15) is 18.7 Å². The average molecular weight is 319 g/mol. The van der Waals surface area contributed by atoms with Gasteiger partial charge in [-0.1, -0.05) is 6.92 Å². The van der Waals surface area contributed by atoms with E-state index in [4.69, 9.17) is 0 Å².